The van der Waals surface area contributed by atoms with Crippen molar-refractivity contribution in [2.24, 2.45) is 5.92 Å². The first-order valence-electron chi connectivity index (χ1n) is 7.25. The largest absolute Gasteiger partial charge is 0.396 e. The fourth-order valence-electron chi connectivity index (χ4n) is 2.83. The Bertz CT molecular complexity index is 317. The van der Waals surface area contributed by atoms with Crippen molar-refractivity contribution in [1.29, 1.82) is 0 Å². The molecule has 2 nitrogen and oxygen atoms in total. The molecule has 1 saturated heterocycles. The fourth-order valence-corrected chi connectivity index (χ4v) is 2.83. The monoisotopic (exact) mass is 247 g/mol. The Morgan fingerprint density at radius 2 is 1.83 bits per heavy atom. The highest BCUT2D eigenvalue weighted by Crippen LogP contribution is 2.20. The molecular formula is C16H25NO. The standard InChI is InChI=1S/C16H25NO/c18-14-10-16-8-12-17(13-9-16)11-4-7-15-5-2-1-3-6-15/h1-3,5-6,16,18H,4,7-14H2. The van der Waals surface area contributed by atoms with E-state index in [0.717, 1.165) is 12.3 Å². The van der Waals surface area contributed by atoms with Crippen LogP contribution in [0.5, 0.6) is 0 Å². The third kappa shape index (κ3) is 4.43. The highest BCUT2D eigenvalue weighted by molar-refractivity contribution is 5.14. The summed E-state index contributed by atoms with van der Waals surface area (Å²) >= 11 is 0. The van der Waals surface area contributed by atoms with Gasteiger partial charge in [0.15, 0.2) is 0 Å². The van der Waals surface area contributed by atoms with E-state index in [0.29, 0.717) is 6.61 Å². The summed E-state index contributed by atoms with van der Waals surface area (Å²) in [7, 11) is 0. The molecule has 0 bridgehead atoms. The number of hydrogen-bond donors (Lipinski definition) is 1. The third-order valence-electron chi connectivity index (χ3n) is 4.03. The molecule has 1 aromatic rings. The summed E-state index contributed by atoms with van der Waals surface area (Å²) in [5.41, 5.74) is 1.45. The van der Waals surface area contributed by atoms with Gasteiger partial charge in [0, 0.05) is 6.61 Å². The molecule has 0 spiro atoms. The van der Waals surface area contributed by atoms with Crippen LogP contribution < -0.4 is 0 Å². The van der Waals surface area contributed by atoms with E-state index in [2.05, 4.69) is 35.2 Å². The summed E-state index contributed by atoms with van der Waals surface area (Å²) in [6, 6.07) is 10.8. The maximum Gasteiger partial charge on any atom is 0.0433 e. The molecule has 18 heavy (non-hydrogen) atoms. The Morgan fingerprint density at radius 3 is 2.50 bits per heavy atom. The van der Waals surface area contributed by atoms with Crippen molar-refractivity contribution >= 4 is 0 Å². The van der Waals surface area contributed by atoms with Crippen LogP contribution >= 0.6 is 0 Å². The van der Waals surface area contributed by atoms with Gasteiger partial charge < -0.3 is 10.0 Å². The van der Waals surface area contributed by atoms with E-state index >= 15 is 0 Å². The first-order chi connectivity index (χ1) is 8.88. The average molecular weight is 247 g/mol. The maximum absolute atomic E-state index is 8.94. The van der Waals surface area contributed by atoms with Crippen LogP contribution in [0, 0.1) is 5.92 Å². The summed E-state index contributed by atoms with van der Waals surface area (Å²) in [6.45, 7) is 4.03. The molecule has 1 N–H and O–H groups in total. The quantitative estimate of drug-likeness (QED) is 0.835. The van der Waals surface area contributed by atoms with Gasteiger partial charge in [0.25, 0.3) is 0 Å². The number of aryl methyl sites for hydroxylation is 1. The molecule has 2 rings (SSSR count). The molecule has 0 aliphatic carbocycles. The Morgan fingerprint density at radius 1 is 1.11 bits per heavy atom. The molecule has 2 heteroatoms. The number of nitrogens with zero attached hydrogens (tertiary/aromatic N) is 1. The van der Waals surface area contributed by atoms with Crippen molar-refractivity contribution in [3.63, 3.8) is 0 Å². The van der Waals surface area contributed by atoms with E-state index in [9.17, 15) is 0 Å². The zero-order chi connectivity index (χ0) is 12.6. The van der Waals surface area contributed by atoms with E-state index in [-0.39, 0.29) is 0 Å². The van der Waals surface area contributed by atoms with E-state index in [1.54, 1.807) is 0 Å². The van der Waals surface area contributed by atoms with Crippen LogP contribution in [0.15, 0.2) is 30.3 Å². The Hall–Kier alpha value is -0.860. The normalized spacial score (nSPS) is 18.1. The molecule has 0 saturated carbocycles. The summed E-state index contributed by atoms with van der Waals surface area (Å²) in [5.74, 6) is 0.764. The van der Waals surface area contributed by atoms with E-state index < -0.39 is 0 Å². The molecule has 1 aromatic carbocycles. The zero-order valence-corrected chi connectivity index (χ0v) is 11.2. The lowest BCUT2D eigenvalue weighted by atomic mass is 9.94. The van der Waals surface area contributed by atoms with Crippen LogP contribution in [0.2, 0.25) is 0 Å². The number of aliphatic hydroxyl groups excluding tert-OH is 1. The second kappa shape index (κ2) is 7.55. The molecule has 1 aliphatic heterocycles. The van der Waals surface area contributed by atoms with Gasteiger partial charge in [-0.05, 0) is 63.2 Å². The second-order valence-electron chi connectivity index (χ2n) is 5.39. The van der Waals surface area contributed by atoms with Gasteiger partial charge in [0.1, 0.15) is 0 Å². The summed E-state index contributed by atoms with van der Waals surface area (Å²) in [4.78, 5) is 2.58. The molecule has 0 amide bonds. The second-order valence-corrected chi connectivity index (χ2v) is 5.39. The summed E-state index contributed by atoms with van der Waals surface area (Å²) in [6.07, 6.45) is 5.99. The number of benzene rings is 1. The first kappa shape index (κ1) is 13.6. The Labute approximate surface area is 111 Å². The minimum absolute atomic E-state index is 0.360. The smallest absolute Gasteiger partial charge is 0.0433 e. The van der Waals surface area contributed by atoms with Crippen LogP contribution in [-0.4, -0.2) is 36.2 Å². The fraction of sp³-hybridized carbons (Fsp3) is 0.625. The van der Waals surface area contributed by atoms with Crippen LogP contribution in [0.3, 0.4) is 0 Å². The van der Waals surface area contributed by atoms with E-state index in [4.69, 9.17) is 5.11 Å². The van der Waals surface area contributed by atoms with Crippen molar-refractivity contribution in [2.75, 3.05) is 26.2 Å². The molecule has 1 aliphatic rings. The van der Waals surface area contributed by atoms with E-state index in [1.165, 1.54) is 50.9 Å². The van der Waals surface area contributed by atoms with Gasteiger partial charge in [-0.3, -0.25) is 0 Å². The van der Waals surface area contributed by atoms with Crippen molar-refractivity contribution in [2.45, 2.75) is 32.1 Å². The molecule has 1 fully saturated rings. The molecule has 1 heterocycles. The molecule has 100 valence electrons. The Kier molecular flexibility index (Phi) is 5.69. The van der Waals surface area contributed by atoms with Crippen LogP contribution in [0.1, 0.15) is 31.2 Å². The van der Waals surface area contributed by atoms with Gasteiger partial charge in [-0.1, -0.05) is 30.3 Å². The topological polar surface area (TPSA) is 23.5 Å². The average Bonchev–Trinajstić information content (AvgIpc) is 2.42. The molecule has 0 atom stereocenters. The van der Waals surface area contributed by atoms with Crippen molar-refractivity contribution < 1.29 is 5.11 Å². The Balaban J connectivity index is 1.61. The van der Waals surface area contributed by atoms with Crippen LogP contribution in [-0.2, 0) is 6.42 Å². The SMILES string of the molecule is OCCC1CCN(CCCc2ccccc2)CC1. The highest BCUT2D eigenvalue weighted by atomic mass is 16.3. The van der Waals surface area contributed by atoms with Gasteiger partial charge in [-0.15, -0.1) is 0 Å². The van der Waals surface area contributed by atoms with Gasteiger partial charge in [-0.25, -0.2) is 0 Å². The van der Waals surface area contributed by atoms with Crippen molar-refractivity contribution in [3.05, 3.63) is 35.9 Å². The third-order valence-corrected chi connectivity index (χ3v) is 4.03. The molecule has 0 unspecified atom stereocenters. The highest BCUT2D eigenvalue weighted by Gasteiger charge is 2.17. The lowest BCUT2D eigenvalue weighted by Crippen LogP contribution is -2.34. The number of piperidine rings is 1. The lowest BCUT2D eigenvalue weighted by Gasteiger charge is -2.31. The zero-order valence-electron chi connectivity index (χ0n) is 11.2. The molecular weight excluding hydrogens is 222 g/mol. The predicted octanol–water partition coefficient (Wildman–Crippen LogP) is 2.71. The van der Waals surface area contributed by atoms with Crippen LogP contribution in [0.25, 0.3) is 0 Å². The van der Waals surface area contributed by atoms with Gasteiger partial charge in [-0.2, -0.15) is 0 Å². The maximum atomic E-state index is 8.94. The minimum atomic E-state index is 0.360. The number of aliphatic hydroxyl groups is 1. The summed E-state index contributed by atoms with van der Waals surface area (Å²) < 4.78 is 0. The molecule has 0 aromatic heterocycles. The van der Waals surface area contributed by atoms with Crippen molar-refractivity contribution in [3.8, 4) is 0 Å². The first-order valence-corrected chi connectivity index (χ1v) is 7.25. The number of rotatable bonds is 6. The summed E-state index contributed by atoms with van der Waals surface area (Å²) in [5, 5.41) is 8.94. The van der Waals surface area contributed by atoms with Gasteiger partial charge in [0.05, 0.1) is 0 Å². The van der Waals surface area contributed by atoms with Gasteiger partial charge >= 0.3 is 0 Å². The lowest BCUT2D eigenvalue weighted by molar-refractivity contribution is 0.157. The minimum Gasteiger partial charge on any atom is -0.396 e. The van der Waals surface area contributed by atoms with Crippen molar-refractivity contribution in [1.82, 2.24) is 4.90 Å². The van der Waals surface area contributed by atoms with Gasteiger partial charge in [0.2, 0.25) is 0 Å². The number of likely N-dealkylation sites (tertiary alicyclic amines) is 1. The predicted molar refractivity (Wildman–Crippen MR) is 75.6 cm³/mol. The van der Waals surface area contributed by atoms with E-state index in [1.807, 2.05) is 0 Å². The number of hydrogen-bond acceptors (Lipinski definition) is 2. The molecule has 0 radical (unpaired) electrons. The van der Waals surface area contributed by atoms with Crippen LogP contribution in [0.4, 0.5) is 0 Å².